The highest BCUT2D eigenvalue weighted by Crippen LogP contribution is 2.33. The summed E-state index contributed by atoms with van der Waals surface area (Å²) in [4.78, 5) is 12.8. The third-order valence-electron chi connectivity index (χ3n) is 5.21. The number of benzene rings is 3. The maximum Gasteiger partial charge on any atom is 0.416 e. The molecule has 34 heavy (non-hydrogen) atoms. The lowest BCUT2D eigenvalue weighted by Crippen LogP contribution is -2.38. The molecular formula is C25H25F3N2O3S. The first-order valence-corrected chi connectivity index (χ1v) is 12.0. The van der Waals surface area contributed by atoms with E-state index in [9.17, 15) is 26.4 Å². The average Bonchev–Trinajstić information content (AvgIpc) is 2.77. The van der Waals surface area contributed by atoms with Crippen molar-refractivity contribution < 1.29 is 26.4 Å². The predicted molar refractivity (Wildman–Crippen MR) is 126 cm³/mol. The zero-order valence-corrected chi connectivity index (χ0v) is 19.7. The fraction of sp³-hybridized carbons (Fsp3) is 0.240. The predicted octanol–water partition coefficient (Wildman–Crippen LogP) is 5.97. The Kier molecular flexibility index (Phi) is 7.35. The molecule has 3 rings (SSSR count). The van der Waals surface area contributed by atoms with Crippen LogP contribution in [0.4, 0.5) is 24.5 Å². The van der Waals surface area contributed by atoms with Crippen molar-refractivity contribution in [3.63, 3.8) is 0 Å². The van der Waals surface area contributed by atoms with E-state index in [1.165, 1.54) is 18.2 Å². The van der Waals surface area contributed by atoms with Crippen LogP contribution in [0, 0.1) is 6.92 Å². The van der Waals surface area contributed by atoms with Crippen LogP contribution in [0.5, 0.6) is 0 Å². The Balaban J connectivity index is 2.02. The van der Waals surface area contributed by atoms with Gasteiger partial charge in [0.15, 0.2) is 0 Å². The van der Waals surface area contributed by atoms with E-state index in [0.717, 1.165) is 29.3 Å². The van der Waals surface area contributed by atoms with Gasteiger partial charge in [-0.1, -0.05) is 55.8 Å². The molecule has 5 nitrogen and oxygen atoms in total. The molecule has 0 saturated carbocycles. The standard InChI is InChI=1S/C25H25F3N2O3S/c1-17(2)22-9-4-5-10-23(22)29-24(31)16-30(20-8-6-7-19(15-20)25(26,27)28)34(32,33)21-13-11-18(3)12-14-21/h4-15,17H,16H2,1-3H3,(H,29,31). The number of carbonyl (C=O) groups is 1. The lowest BCUT2D eigenvalue weighted by Gasteiger charge is -2.25. The van der Waals surface area contributed by atoms with E-state index in [4.69, 9.17) is 0 Å². The van der Waals surface area contributed by atoms with Crippen LogP contribution in [-0.2, 0) is 21.0 Å². The van der Waals surface area contributed by atoms with Gasteiger partial charge in [-0.3, -0.25) is 9.10 Å². The van der Waals surface area contributed by atoms with Crippen molar-refractivity contribution in [1.82, 2.24) is 0 Å². The van der Waals surface area contributed by atoms with Gasteiger partial charge < -0.3 is 5.32 Å². The minimum atomic E-state index is -4.67. The zero-order valence-electron chi connectivity index (χ0n) is 18.9. The van der Waals surface area contributed by atoms with Gasteiger partial charge in [-0.25, -0.2) is 8.42 Å². The van der Waals surface area contributed by atoms with Crippen LogP contribution in [0.15, 0.2) is 77.7 Å². The molecule has 0 bridgehead atoms. The van der Waals surface area contributed by atoms with Gasteiger partial charge in [-0.05, 0) is 54.8 Å². The molecule has 0 spiro atoms. The Morgan fingerprint density at radius 3 is 2.24 bits per heavy atom. The second kappa shape index (κ2) is 9.89. The number of carbonyl (C=O) groups excluding carboxylic acids is 1. The molecule has 9 heteroatoms. The second-order valence-electron chi connectivity index (χ2n) is 8.16. The topological polar surface area (TPSA) is 66.5 Å². The van der Waals surface area contributed by atoms with Gasteiger partial charge >= 0.3 is 6.18 Å². The van der Waals surface area contributed by atoms with E-state index in [2.05, 4.69) is 5.32 Å². The molecule has 0 aliphatic rings. The van der Waals surface area contributed by atoms with E-state index in [0.29, 0.717) is 9.99 Å². The first kappa shape index (κ1) is 25.3. The molecule has 1 amide bonds. The molecule has 3 aromatic rings. The summed E-state index contributed by atoms with van der Waals surface area (Å²) in [7, 11) is -4.34. The van der Waals surface area contributed by atoms with Gasteiger partial charge in [0.2, 0.25) is 5.91 Å². The van der Waals surface area contributed by atoms with Crippen molar-refractivity contribution in [2.24, 2.45) is 0 Å². The zero-order chi connectivity index (χ0) is 25.1. The largest absolute Gasteiger partial charge is 0.416 e. The molecule has 0 atom stereocenters. The molecule has 0 unspecified atom stereocenters. The number of hydrogen-bond donors (Lipinski definition) is 1. The fourth-order valence-electron chi connectivity index (χ4n) is 3.42. The monoisotopic (exact) mass is 490 g/mol. The third kappa shape index (κ3) is 5.77. The van der Waals surface area contributed by atoms with Crippen LogP contribution in [0.1, 0.15) is 36.5 Å². The summed E-state index contributed by atoms with van der Waals surface area (Å²) in [6.45, 7) is 4.97. The molecule has 0 heterocycles. The van der Waals surface area contributed by atoms with E-state index >= 15 is 0 Å². The number of nitrogens with zero attached hydrogens (tertiary/aromatic N) is 1. The van der Waals surface area contributed by atoms with Crippen molar-refractivity contribution in [3.05, 3.63) is 89.5 Å². The van der Waals surface area contributed by atoms with Crippen LogP contribution in [0.2, 0.25) is 0 Å². The number of alkyl halides is 3. The van der Waals surface area contributed by atoms with E-state index < -0.39 is 34.2 Å². The van der Waals surface area contributed by atoms with Crippen LogP contribution in [0.25, 0.3) is 0 Å². The number of anilines is 2. The van der Waals surface area contributed by atoms with Crippen molar-refractivity contribution >= 4 is 27.3 Å². The van der Waals surface area contributed by atoms with Gasteiger partial charge in [0, 0.05) is 5.69 Å². The number of amides is 1. The van der Waals surface area contributed by atoms with Gasteiger partial charge in [0.25, 0.3) is 10.0 Å². The summed E-state index contributed by atoms with van der Waals surface area (Å²) in [6.07, 6.45) is -4.67. The minimum absolute atomic E-state index is 0.0901. The number of hydrogen-bond acceptors (Lipinski definition) is 3. The van der Waals surface area contributed by atoms with Crippen LogP contribution >= 0.6 is 0 Å². The lowest BCUT2D eigenvalue weighted by molar-refractivity contribution is -0.137. The molecule has 0 radical (unpaired) electrons. The Morgan fingerprint density at radius 1 is 0.971 bits per heavy atom. The first-order valence-electron chi connectivity index (χ1n) is 10.5. The average molecular weight is 491 g/mol. The summed E-state index contributed by atoms with van der Waals surface area (Å²) < 4.78 is 67.5. The smallest absolute Gasteiger partial charge is 0.324 e. The summed E-state index contributed by atoms with van der Waals surface area (Å²) in [5, 5.41) is 2.70. The molecule has 1 N–H and O–H groups in total. The number of halogens is 3. The maximum absolute atomic E-state index is 13.4. The SMILES string of the molecule is Cc1ccc(S(=O)(=O)N(CC(=O)Nc2ccccc2C(C)C)c2cccc(C(F)(F)F)c2)cc1. The Bertz CT molecular complexity index is 1270. The van der Waals surface area contributed by atoms with Gasteiger partial charge in [0.05, 0.1) is 16.1 Å². The highest BCUT2D eigenvalue weighted by molar-refractivity contribution is 7.92. The van der Waals surface area contributed by atoms with Crippen molar-refractivity contribution in [2.75, 3.05) is 16.2 Å². The number of para-hydroxylation sites is 1. The highest BCUT2D eigenvalue weighted by Gasteiger charge is 2.33. The summed E-state index contributed by atoms with van der Waals surface area (Å²) >= 11 is 0. The Hall–Kier alpha value is -3.33. The Morgan fingerprint density at radius 2 is 1.62 bits per heavy atom. The number of nitrogens with one attached hydrogen (secondary N) is 1. The minimum Gasteiger partial charge on any atom is -0.324 e. The van der Waals surface area contributed by atoms with Gasteiger partial charge in [0.1, 0.15) is 6.54 Å². The van der Waals surface area contributed by atoms with Crippen molar-refractivity contribution in [3.8, 4) is 0 Å². The number of sulfonamides is 1. The summed E-state index contributed by atoms with van der Waals surface area (Å²) in [5.74, 6) is -0.589. The molecule has 0 aliphatic heterocycles. The second-order valence-corrected chi connectivity index (χ2v) is 10.0. The molecule has 0 saturated heterocycles. The molecular weight excluding hydrogens is 465 g/mol. The van der Waals surface area contributed by atoms with Gasteiger partial charge in [-0.15, -0.1) is 0 Å². The van der Waals surface area contributed by atoms with Crippen molar-refractivity contribution in [2.45, 2.75) is 37.8 Å². The van der Waals surface area contributed by atoms with E-state index in [-0.39, 0.29) is 16.5 Å². The van der Waals surface area contributed by atoms with Crippen molar-refractivity contribution in [1.29, 1.82) is 0 Å². The molecule has 0 aliphatic carbocycles. The molecule has 180 valence electrons. The van der Waals surface area contributed by atoms with Crippen LogP contribution in [0.3, 0.4) is 0 Å². The van der Waals surface area contributed by atoms with E-state index in [1.54, 1.807) is 31.2 Å². The quantitative estimate of drug-likeness (QED) is 0.444. The van der Waals surface area contributed by atoms with Gasteiger partial charge in [-0.2, -0.15) is 13.2 Å². The Labute approximate surface area is 197 Å². The first-order chi connectivity index (χ1) is 15.9. The molecule has 0 aromatic heterocycles. The number of rotatable bonds is 7. The highest BCUT2D eigenvalue weighted by atomic mass is 32.2. The molecule has 3 aromatic carbocycles. The van der Waals surface area contributed by atoms with Crippen LogP contribution in [-0.4, -0.2) is 20.9 Å². The summed E-state index contributed by atoms with van der Waals surface area (Å²) in [6, 6.07) is 16.9. The maximum atomic E-state index is 13.4. The van der Waals surface area contributed by atoms with E-state index in [1.807, 2.05) is 26.0 Å². The lowest BCUT2D eigenvalue weighted by atomic mass is 10.0. The summed E-state index contributed by atoms with van der Waals surface area (Å²) in [5.41, 5.74) is 0.900. The third-order valence-corrected chi connectivity index (χ3v) is 7.00. The number of aryl methyl sites for hydroxylation is 1. The fourth-order valence-corrected chi connectivity index (χ4v) is 4.84. The van der Waals surface area contributed by atoms with Crippen LogP contribution < -0.4 is 9.62 Å². The molecule has 0 fully saturated rings. The normalized spacial score (nSPS) is 12.0.